The summed E-state index contributed by atoms with van der Waals surface area (Å²) in [7, 11) is 0. The van der Waals surface area contributed by atoms with E-state index in [0.29, 0.717) is 4.83 Å². The summed E-state index contributed by atoms with van der Waals surface area (Å²) < 4.78 is 3.78. The van der Waals surface area contributed by atoms with E-state index in [4.69, 9.17) is 0 Å². The first-order chi connectivity index (χ1) is 2.89. The Balaban J connectivity index is 2.38. The largest absolute Gasteiger partial charge is 0.218 e. The molecule has 1 nitrogen and oxygen atoms in total. The van der Waals surface area contributed by atoms with E-state index in [1.807, 2.05) is 0 Å². The molecule has 1 aliphatic rings. The highest BCUT2D eigenvalue weighted by Crippen LogP contribution is 2.15. The molecule has 0 aromatic rings. The van der Waals surface area contributed by atoms with Crippen LogP contribution in [0.25, 0.3) is 0 Å². The van der Waals surface area contributed by atoms with E-state index in [9.17, 15) is 0 Å². The van der Waals surface area contributed by atoms with Gasteiger partial charge in [-0.1, -0.05) is 15.9 Å². The molecule has 3 heteroatoms. The third-order valence-electron chi connectivity index (χ3n) is 0.478. The molecule has 1 rings (SSSR count). The van der Waals surface area contributed by atoms with E-state index in [1.54, 1.807) is 11.9 Å². The minimum atomic E-state index is 0.405. The van der Waals surface area contributed by atoms with Gasteiger partial charge in [-0.25, -0.2) is 4.40 Å². The van der Waals surface area contributed by atoms with E-state index in [1.165, 1.54) is 0 Å². The molecular weight excluding hydrogens is 162 g/mol. The lowest BCUT2D eigenvalue weighted by Gasteiger charge is -1.81. The van der Waals surface area contributed by atoms with E-state index < -0.39 is 0 Å². The maximum absolute atomic E-state index is 3.78. The molecule has 0 aromatic heterocycles. The first-order valence-corrected chi connectivity index (χ1v) is 3.47. The first kappa shape index (κ1) is 4.65. The van der Waals surface area contributed by atoms with Crippen molar-refractivity contribution in [1.29, 1.82) is 0 Å². The van der Waals surface area contributed by atoms with Gasteiger partial charge in [0.1, 0.15) is 0 Å². The van der Waals surface area contributed by atoms with E-state index >= 15 is 0 Å². The Morgan fingerprint density at radius 1 is 2.00 bits per heavy atom. The van der Waals surface area contributed by atoms with Crippen LogP contribution in [0.4, 0.5) is 0 Å². The normalized spacial score (nSPS) is 31.8. The molecule has 0 aliphatic carbocycles. The molecule has 1 heterocycles. The predicted octanol–water partition coefficient (Wildman–Crippen LogP) is 1.36. The lowest BCUT2D eigenvalue weighted by Crippen LogP contribution is -1.93. The van der Waals surface area contributed by atoms with Crippen LogP contribution >= 0.6 is 27.9 Å². The second-order valence-corrected chi connectivity index (χ2v) is 2.86. The van der Waals surface area contributed by atoms with Crippen molar-refractivity contribution < 1.29 is 0 Å². The first-order valence-electron chi connectivity index (χ1n) is 1.61. The lowest BCUT2D eigenvalue weighted by atomic mass is 10.5. The summed E-state index contributed by atoms with van der Waals surface area (Å²) in [6, 6.07) is 0. The third kappa shape index (κ3) is 0.980. The monoisotopic (exact) mass is 164 g/mol. The van der Waals surface area contributed by atoms with Gasteiger partial charge in [-0.3, -0.25) is 0 Å². The highest BCUT2D eigenvalue weighted by molar-refractivity contribution is 9.10. The van der Waals surface area contributed by atoms with Gasteiger partial charge < -0.3 is 0 Å². The number of hydrogen-bond acceptors (Lipinski definition) is 2. The Bertz CT molecular complexity index is 73.2. The molecule has 0 aromatic carbocycles. The lowest BCUT2D eigenvalue weighted by molar-refractivity contribution is 1.44. The minimum absolute atomic E-state index is 0.405. The molecule has 0 fully saturated rings. The SMILES string of the molecule is BrC1[C]=NSC1. The smallest absolute Gasteiger partial charge is 0.0865 e. The Morgan fingerprint density at radius 2 is 2.83 bits per heavy atom. The predicted molar refractivity (Wildman–Crippen MR) is 32.6 cm³/mol. The number of hydrogen-bond donors (Lipinski definition) is 0. The molecule has 0 spiro atoms. The molecular formula is C3H3BrNS. The van der Waals surface area contributed by atoms with Crippen molar-refractivity contribution in [1.82, 2.24) is 0 Å². The van der Waals surface area contributed by atoms with Crippen LogP contribution < -0.4 is 0 Å². The summed E-state index contributed by atoms with van der Waals surface area (Å²) in [6.07, 6.45) is 2.82. The summed E-state index contributed by atoms with van der Waals surface area (Å²) in [5, 5.41) is 0. The maximum atomic E-state index is 3.78. The van der Waals surface area contributed by atoms with Crippen LogP contribution in [0.5, 0.6) is 0 Å². The van der Waals surface area contributed by atoms with Gasteiger partial charge in [-0.2, -0.15) is 0 Å². The summed E-state index contributed by atoms with van der Waals surface area (Å²) in [5.74, 6) is 1.04. The highest BCUT2D eigenvalue weighted by atomic mass is 79.9. The zero-order chi connectivity index (χ0) is 4.41. The fourth-order valence-electron chi connectivity index (χ4n) is 0.234. The molecule has 6 heavy (non-hydrogen) atoms. The van der Waals surface area contributed by atoms with Crippen LogP contribution in [0.3, 0.4) is 0 Å². The third-order valence-corrected chi connectivity index (χ3v) is 2.15. The Labute approximate surface area is 49.5 Å². The van der Waals surface area contributed by atoms with E-state index in [-0.39, 0.29) is 0 Å². The second-order valence-electron chi connectivity index (χ2n) is 0.984. The van der Waals surface area contributed by atoms with Crippen molar-refractivity contribution in [2.45, 2.75) is 4.83 Å². The summed E-state index contributed by atoms with van der Waals surface area (Å²) >= 11 is 4.86. The molecule has 1 aliphatic heterocycles. The van der Waals surface area contributed by atoms with Crippen molar-refractivity contribution >= 4 is 34.1 Å². The van der Waals surface area contributed by atoms with Crippen molar-refractivity contribution in [3.8, 4) is 0 Å². The highest BCUT2D eigenvalue weighted by Gasteiger charge is 2.05. The van der Waals surface area contributed by atoms with Crippen molar-refractivity contribution in [2.75, 3.05) is 5.75 Å². The Morgan fingerprint density at radius 3 is 3.00 bits per heavy atom. The van der Waals surface area contributed by atoms with Crippen LogP contribution in [0, 0.1) is 0 Å². The number of halogens is 1. The number of nitrogens with zero attached hydrogens (tertiary/aromatic N) is 1. The molecule has 0 N–H and O–H groups in total. The van der Waals surface area contributed by atoms with Gasteiger partial charge >= 0.3 is 0 Å². The summed E-state index contributed by atoms with van der Waals surface area (Å²) in [6.45, 7) is 0. The van der Waals surface area contributed by atoms with Gasteiger partial charge in [0, 0.05) is 5.75 Å². The van der Waals surface area contributed by atoms with Crippen LogP contribution in [0.15, 0.2) is 4.40 Å². The van der Waals surface area contributed by atoms with Crippen LogP contribution in [0.2, 0.25) is 0 Å². The summed E-state index contributed by atoms with van der Waals surface area (Å²) in [4.78, 5) is 0.405. The number of rotatable bonds is 0. The number of alkyl halides is 1. The van der Waals surface area contributed by atoms with Crippen molar-refractivity contribution in [3.05, 3.63) is 0 Å². The van der Waals surface area contributed by atoms with Crippen LogP contribution in [-0.2, 0) is 0 Å². The Kier molecular flexibility index (Phi) is 1.54. The molecule has 1 atom stereocenters. The minimum Gasteiger partial charge on any atom is -0.218 e. The average molecular weight is 165 g/mol. The van der Waals surface area contributed by atoms with Crippen LogP contribution in [-0.4, -0.2) is 16.8 Å². The van der Waals surface area contributed by atoms with Gasteiger partial charge in [0.2, 0.25) is 0 Å². The molecule has 0 saturated carbocycles. The topological polar surface area (TPSA) is 12.4 Å². The van der Waals surface area contributed by atoms with Gasteiger partial charge in [-0.15, -0.1) is 0 Å². The van der Waals surface area contributed by atoms with Gasteiger partial charge in [0.15, 0.2) is 0 Å². The zero-order valence-electron chi connectivity index (χ0n) is 3.02. The van der Waals surface area contributed by atoms with Crippen molar-refractivity contribution in [2.24, 2.45) is 4.40 Å². The molecule has 0 saturated heterocycles. The standard InChI is InChI=1S/C3H3BrNS/c4-3-1-5-6-2-3/h3H,2H2. The van der Waals surface area contributed by atoms with Gasteiger partial charge in [-0.05, 0) is 11.9 Å². The quantitative estimate of drug-likeness (QED) is 0.390. The van der Waals surface area contributed by atoms with Gasteiger partial charge in [0.05, 0.1) is 11.0 Å². The fourth-order valence-corrected chi connectivity index (χ4v) is 1.31. The maximum Gasteiger partial charge on any atom is 0.0865 e. The zero-order valence-corrected chi connectivity index (χ0v) is 5.42. The molecule has 33 valence electrons. The Hall–Kier alpha value is 0.500. The summed E-state index contributed by atoms with van der Waals surface area (Å²) in [5.41, 5.74) is 0. The second kappa shape index (κ2) is 1.98. The van der Waals surface area contributed by atoms with E-state index in [0.717, 1.165) is 5.75 Å². The van der Waals surface area contributed by atoms with Crippen LogP contribution in [0.1, 0.15) is 0 Å². The molecule has 1 unspecified atom stereocenters. The van der Waals surface area contributed by atoms with E-state index in [2.05, 4.69) is 26.5 Å². The molecule has 1 radical (unpaired) electrons. The fraction of sp³-hybridized carbons (Fsp3) is 0.667. The van der Waals surface area contributed by atoms with Gasteiger partial charge in [0.25, 0.3) is 0 Å². The van der Waals surface area contributed by atoms with Crippen molar-refractivity contribution in [3.63, 3.8) is 0 Å². The average Bonchev–Trinajstić information content (AvgIpc) is 1.86. The molecule has 0 bridgehead atoms. The molecule has 0 amide bonds.